The number of para-hydroxylation sites is 1. The fourth-order valence-electron chi connectivity index (χ4n) is 1.13. The molecule has 1 aromatic carbocycles. The molecule has 0 spiro atoms. The van der Waals surface area contributed by atoms with E-state index in [1.54, 1.807) is 4.90 Å². The van der Waals surface area contributed by atoms with Crippen molar-refractivity contribution in [1.29, 1.82) is 0 Å². The second-order valence-electron chi connectivity index (χ2n) is 2.76. The highest BCUT2D eigenvalue weighted by Crippen LogP contribution is 2.25. The summed E-state index contributed by atoms with van der Waals surface area (Å²) >= 11 is 3.37. The lowest BCUT2D eigenvalue weighted by molar-refractivity contribution is -0.116. The Labute approximate surface area is 92.0 Å². The highest BCUT2D eigenvalue weighted by atomic mass is 79.9. The van der Waals surface area contributed by atoms with Crippen molar-refractivity contribution in [3.05, 3.63) is 28.7 Å². The third-order valence-corrected chi connectivity index (χ3v) is 2.44. The maximum atomic E-state index is 11.3. The fourth-order valence-corrected chi connectivity index (χ4v) is 1.63. The Balaban J connectivity index is 3.06. The summed E-state index contributed by atoms with van der Waals surface area (Å²) in [7, 11) is 0. The van der Waals surface area contributed by atoms with Gasteiger partial charge in [-0.3, -0.25) is 9.69 Å². The first kappa shape index (κ1) is 10.8. The molecule has 0 radical (unpaired) electrons. The predicted molar refractivity (Wildman–Crippen MR) is 61.0 cm³/mol. The molecule has 72 valence electrons. The number of hydrogen-bond acceptors (Lipinski definition) is 1. The summed E-state index contributed by atoms with van der Waals surface area (Å²) in [6, 6.07) is 7.49. The van der Waals surface area contributed by atoms with E-state index < -0.39 is 0 Å². The Morgan fingerprint density at radius 2 is 2.21 bits per heavy atom. The largest absolute Gasteiger partial charge is 0.300 e. The van der Waals surface area contributed by atoms with Crippen LogP contribution >= 0.6 is 15.9 Å². The summed E-state index contributed by atoms with van der Waals surface area (Å²) in [6.07, 6.45) is 5.20. The molecule has 0 unspecified atom stereocenters. The molecule has 14 heavy (non-hydrogen) atoms. The summed E-state index contributed by atoms with van der Waals surface area (Å²) in [5.74, 6) is 2.40. The minimum Gasteiger partial charge on any atom is -0.300 e. The number of amides is 1. The number of terminal acetylenes is 1. The van der Waals surface area contributed by atoms with Crippen molar-refractivity contribution in [2.75, 3.05) is 11.4 Å². The van der Waals surface area contributed by atoms with Crippen LogP contribution in [-0.2, 0) is 4.79 Å². The van der Waals surface area contributed by atoms with Crippen LogP contribution in [0.15, 0.2) is 28.7 Å². The Morgan fingerprint density at radius 1 is 1.57 bits per heavy atom. The number of rotatable bonds is 2. The Hall–Kier alpha value is -1.27. The van der Waals surface area contributed by atoms with E-state index in [1.807, 2.05) is 24.3 Å². The van der Waals surface area contributed by atoms with Gasteiger partial charge in [-0.2, -0.15) is 0 Å². The summed E-state index contributed by atoms with van der Waals surface area (Å²) in [6.45, 7) is 1.79. The number of halogens is 1. The summed E-state index contributed by atoms with van der Waals surface area (Å²) in [5, 5.41) is 0. The molecule has 0 N–H and O–H groups in total. The van der Waals surface area contributed by atoms with Crippen LogP contribution in [-0.4, -0.2) is 12.5 Å². The average molecular weight is 252 g/mol. The van der Waals surface area contributed by atoms with E-state index in [2.05, 4.69) is 21.9 Å². The van der Waals surface area contributed by atoms with E-state index in [9.17, 15) is 4.79 Å². The van der Waals surface area contributed by atoms with Gasteiger partial charge in [0, 0.05) is 11.4 Å². The van der Waals surface area contributed by atoms with Gasteiger partial charge >= 0.3 is 0 Å². The molecule has 0 bridgehead atoms. The smallest absolute Gasteiger partial charge is 0.224 e. The lowest BCUT2D eigenvalue weighted by Gasteiger charge is -2.19. The third-order valence-electron chi connectivity index (χ3n) is 1.77. The van der Waals surface area contributed by atoms with Gasteiger partial charge in [-0.25, -0.2) is 0 Å². The molecule has 0 heterocycles. The zero-order valence-corrected chi connectivity index (χ0v) is 9.41. The standard InChI is InChI=1S/C11H10BrNO/c1-3-8-13(9(2)14)11-7-5-4-6-10(11)12/h1,4-7H,8H2,2H3. The molecule has 0 saturated heterocycles. The van der Waals surface area contributed by atoms with Gasteiger partial charge in [-0.1, -0.05) is 18.1 Å². The zero-order chi connectivity index (χ0) is 10.6. The molecule has 1 aromatic rings. The molecule has 0 aromatic heterocycles. The maximum absolute atomic E-state index is 11.3. The lowest BCUT2D eigenvalue weighted by atomic mass is 10.3. The van der Waals surface area contributed by atoms with E-state index in [0.717, 1.165) is 10.2 Å². The van der Waals surface area contributed by atoms with Crippen molar-refractivity contribution in [3.8, 4) is 12.3 Å². The summed E-state index contributed by atoms with van der Waals surface area (Å²) in [5.41, 5.74) is 0.804. The number of carbonyl (C=O) groups is 1. The minimum absolute atomic E-state index is 0.0603. The molecule has 0 aliphatic heterocycles. The molecule has 0 saturated carbocycles. The first-order valence-electron chi connectivity index (χ1n) is 4.13. The third kappa shape index (κ3) is 2.36. The molecular formula is C11H10BrNO. The van der Waals surface area contributed by atoms with Gasteiger partial charge in [-0.05, 0) is 28.1 Å². The van der Waals surface area contributed by atoms with E-state index in [1.165, 1.54) is 6.92 Å². The monoisotopic (exact) mass is 251 g/mol. The second-order valence-corrected chi connectivity index (χ2v) is 3.62. The van der Waals surface area contributed by atoms with Gasteiger partial charge in [-0.15, -0.1) is 6.42 Å². The molecule has 0 fully saturated rings. The fraction of sp³-hybridized carbons (Fsp3) is 0.182. The van der Waals surface area contributed by atoms with Gasteiger partial charge in [0.05, 0.1) is 12.2 Å². The van der Waals surface area contributed by atoms with Crippen LogP contribution in [0.25, 0.3) is 0 Å². The Kier molecular flexibility index (Phi) is 3.73. The van der Waals surface area contributed by atoms with Crippen LogP contribution < -0.4 is 4.90 Å². The number of nitrogens with zero attached hydrogens (tertiary/aromatic N) is 1. The number of carbonyl (C=O) groups excluding carboxylic acids is 1. The average Bonchev–Trinajstić information content (AvgIpc) is 2.15. The van der Waals surface area contributed by atoms with E-state index in [-0.39, 0.29) is 12.5 Å². The van der Waals surface area contributed by atoms with Crippen molar-refractivity contribution in [2.24, 2.45) is 0 Å². The Bertz CT molecular complexity index is 381. The maximum Gasteiger partial charge on any atom is 0.224 e. The first-order chi connectivity index (χ1) is 6.66. The second kappa shape index (κ2) is 4.83. The van der Waals surface area contributed by atoms with Crippen LogP contribution in [0.2, 0.25) is 0 Å². The molecule has 1 rings (SSSR count). The van der Waals surface area contributed by atoms with Crippen LogP contribution in [0, 0.1) is 12.3 Å². The van der Waals surface area contributed by atoms with E-state index >= 15 is 0 Å². The van der Waals surface area contributed by atoms with E-state index in [0.29, 0.717) is 0 Å². The van der Waals surface area contributed by atoms with E-state index in [4.69, 9.17) is 6.42 Å². The van der Waals surface area contributed by atoms with Crippen molar-refractivity contribution in [2.45, 2.75) is 6.92 Å². The highest BCUT2D eigenvalue weighted by molar-refractivity contribution is 9.10. The Morgan fingerprint density at radius 3 is 2.71 bits per heavy atom. The molecule has 1 amide bonds. The van der Waals surface area contributed by atoms with Crippen molar-refractivity contribution in [3.63, 3.8) is 0 Å². The molecule has 0 aliphatic carbocycles. The molecule has 3 heteroatoms. The normalized spacial score (nSPS) is 9.21. The van der Waals surface area contributed by atoms with Crippen molar-refractivity contribution >= 4 is 27.5 Å². The molecule has 2 nitrogen and oxygen atoms in total. The van der Waals surface area contributed by atoms with Gasteiger partial charge < -0.3 is 0 Å². The van der Waals surface area contributed by atoms with Crippen LogP contribution in [0.5, 0.6) is 0 Å². The molecule has 0 aliphatic rings. The quantitative estimate of drug-likeness (QED) is 0.740. The van der Waals surface area contributed by atoms with Gasteiger partial charge in [0.25, 0.3) is 0 Å². The summed E-state index contributed by atoms with van der Waals surface area (Å²) in [4.78, 5) is 12.8. The highest BCUT2D eigenvalue weighted by Gasteiger charge is 2.11. The molecule has 0 atom stereocenters. The van der Waals surface area contributed by atoms with Crippen LogP contribution in [0.4, 0.5) is 5.69 Å². The topological polar surface area (TPSA) is 20.3 Å². The lowest BCUT2D eigenvalue weighted by Crippen LogP contribution is -2.28. The number of hydrogen-bond donors (Lipinski definition) is 0. The van der Waals surface area contributed by atoms with Crippen molar-refractivity contribution < 1.29 is 4.79 Å². The predicted octanol–water partition coefficient (Wildman–Crippen LogP) is 2.44. The minimum atomic E-state index is -0.0603. The van der Waals surface area contributed by atoms with Crippen LogP contribution in [0.1, 0.15) is 6.92 Å². The van der Waals surface area contributed by atoms with Gasteiger partial charge in [0.15, 0.2) is 0 Å². The van der Waals surface area contributed by atoms with Crippen LogP contribution in [0.3, 0.4) is 0 Å². The van der Waals surface area contributed by atoms with Crippen molar-refractivity contribution in [1.82, 2.24) is 0 Å². The number of anilines is 1. The van der Waals surface area contributed by atoms with Gasteiger partial charge in [0.2, 0.25) is 5.91 Å². The summed E-state index contributed by atoms with van der Waals surface area (Å²) < 4.78 is 0.866. The first-order valence-corrected chi connectivity index (χ1v) is 4.92. The number of benzene rings is 1. The molecular weight excluding hydrogens is 242 g/mol. The van der Waals surface area contributed by atoms with Gasteiger partial charge in [0.1, 0.15) is 0 Å². The zero-order valence-electron chi connectivity index (χ0n) is 7.83. The SMILES string of the molecule is C#CCN(C(C)=O)c1ccccc1Br.